The summed E-state index contributed by atoms with van der Waals surface area (Å²) >= 11 is 1.10. The predicted molar refractivity (Wildman–Crippen MR) is 115 cm³/mol. The molecule has 0 saturated carbocycles. The lowest BCUT2D eigenvalue weighted by Crippen LogP contribution is -2.44. The molecular weight excluding hydrogens is 420 g/mol. The quantitative estimate of drug-likeness (QED) is 0.632. The SMILES string of the molecule is N#Cc1sc(NC(=O)c2ccc(S(=O)N3CCNCC3)cc2)nc1-c1ccccn1. The van der Waals surface area contributed by atoms with E-state index in [4.69, 9.17) is 0 Å². The van der Waals surface area contributed by atoms with E-state index in [0.717, 1.165) is 37.5 Å². The highest BCUT2D eigenvalue weighted by Crippen LogP contribution is 2.29. The van der Waals surface area contributed by atoms with E-state index in [-0.39, 0.29) is 5.91 Å². The molecule has 1 aromatic carbocycles. The van der Waals surface area contributed by atoms with Gasteiger partial charge in [-0.05, 0) is 36.4 Å². The Morgan fingerprint density at radius 2 is 1.97 bits per heavy atom. The molecule has 2 N–H and O–H groups in total. The van der Waals surface area contributed by atoms with Crippen LogP contribution in [-0.4, -0.2) is 50.6 Å². The molecule has 0 aliphatic carbocycles. The second kappa shape index (κ2) is 9.23. The fourth-order valence-electron chi connectivity index (χ4n) is 2.98. The number of piperazine rings is 1. The number of rotatable bonds is 5. The molecule has 1 unspecified atom stereocenters. The third kappa shape index (κ3) is 4.44. The van der Waals surface area contributed by atoms with Gasteiger partial charge in [0.25, 0.3) is 5.91 Å². The first-order valence-electron chi connectivity index (χ1n) is 9.27. The summed E-state index contributed by atoms with van der Waals surface area (Å²) in [7, 11) is -1.24. The topological polar surface area (TPSA) is 111 Å². The van der Waals surface area contributed by atoms with Crippen LogP contribution in [0.25, 0.3) is 11.4 Å². The summed E-state index contributed by atoms with van der Waals surface area (Å²) in [5.41, 5.74) is 1.44. The smallest absolute Gasteiger partial charge is 0.257 e. The maximum absolute atomic E-state index is 12.6. The van der Waals surface area contributed by atoms with Crippen LogP contribution in [-0.2, 0) is 11.0 Å². The number of anilines is 1. The molecular formula is C20H18N6O2S2. The van der Waals surface area contributed by atoms with Crippen LogP contribution in [0.3, 0.4) is 0 Å². The van der Waals surface area contributed by atoms with Crippen molar-refractivity contribution in [3.8, 4) is 17.5 Å². The second-order valence-electron chi connectivity index (χ2n) is 6.43. The van der Waals surface area contributed by atoms with E-state index in [1.165, 1.54) is 0 Å². The highest BCUT2D eigenvalue weighted by molar-refractivity contribution is 7.82. The lowest BCUT2D eigenvalue weighted by Gasteiger charge is -2.25. The number of nitrogens with one attached hydrogen (secondary N) is 2. The fraction of sp³-hybridized carbons (Fsp3) is 0.200. The molecule has 10 heteroatoms. The van der Waals surface area contributed by atoms with Crippen LogP contribution in [0.1, 0.15) is 15.2 Å². The van der Waals surface area contributed by atoms with Crippen LogP contribution in [0.4, 0.5) is 5.13 Å². The standard InChI is InChI=1S/C20H18N6O2S2/c21-13-17-18(16-3-1-2-8-23-16)24-20(29-17)25-19(27)14-4-6-15(7-5-14)30(28)26-11-9-22-10-12-26/h1-8,22H,9-12H2,(H,24,25,27). The fourth-order valence-corrected chi connectivity index (χ4v) is 4.92. The van der Waals surface area contributed by atoms with Crippen molar-refractivity contribution in [1.82, 2.24) is 19.6 Å². The van der Waals surface area contributed by atoms with E-state index in [0.29, 0.717) is 31.9 Å². The number of carbonyl (C=O) groups excluding carboxylic acids is 1. The first kappa shape index (κ1) is 20.3. The average Bonchev–Trinajstić information content (AvgIpc) is 3.22. The zero-order valence-corrected chi connectivity index (χ0v) is 17.5. The molecule has 4 rings (SSSR count). The highest BCUT2D eigenvalue weighted by atomic mass is 32.2. The van der Waals surface area contributed by atoms with Crippen LogP contribution in [0.15, 0.2) is 53.6 Å². The predicted octanol–water partition coefficient (Wildman–Crippen LogP) is 2.26. The molecule has 3 aromatic rings. The van der Waals surface area contributed by atoms with Gasteiger partial charge in [-0.3, -0.25) is 15.1 Å². The molecule has 1 aliphatic heterocycles. The minimum atomic E-state index is -1.24. The number of benzene rings is 1. The van der Waals surface area contributed by atoms with Crippen molar-refractivity contribution in [2.75, 3.05) is 31.5 Å². The van der Waals surface area contributed by atoms with Crippen LogP contribution in [0, 0.1) is 11.3 Å². The molecule has 1 fully saturated rings. The zero-order chi connectivity index (χ0) is 20.9. The van der Waals surface area contributed by atoms with E-state index in [1.807, 2.05) is 10.4 Å². The number of thiazole rings is 1. The molecule has 1 atom stereocenters. The second-order valence-corrected chi connectivity index (χ2v) is 8.92. The van der Waals surface area contributed by atoms with Crippen LogP contribution in [0.2, 0.25) is 0 Å². The molecule has 0 radical (unpaired) electrons. The number of amides is 1. The lowest BCUT2D eigenvalue weighted by atomic mass is 10.2. The third-order valence-electron chi connectivity index (χ3n) is 4.49. The maximum Gasteiger partial charge on any atom is 0.257 e. The van der Waals surface area contributed by atoms with Crippen molar-refractivity contribution in [3.05, 3.63) is 59.1 Å². The van der Waals surface area contributed by atoms with E-state index in [9.17, 15) is 14.3 Å². The molecule has 1 amide bonds. The van der Waals surface area contributed by atoms with Crippen molar-refractivity contribution >= 4 is 33.4 Å². The Morgan fingerprint density at radius 1 is 1.20 bits per heavy atom. The van der Waals surface area contributed by atoms with Crippen molar-refractivity contribution in [2.24, 2.45) is 0 Å². The molecule has 2 aromatic heterocycles. The van der Waals surface area contributed by atoms with E-state index in [1.54, 1.807) is 42.6 Å². The molecule has 1 saturated heterocycles. The van der Waals surface area contributed by atoms with Crippen molar-refractivity contribution in [2.45, 2.75) is 4.90 Å². The molecule has 0 bridgehead atoms. The average molecular weight is 439 g/mol. The van der Waals surface area contributed by atoms with Gasteiger partial charge in [-0.25, -0.2) is 13.5 Å². The Kier molecular flexibility index (Phi) is 6.25. The zero-order valence-electron chi connectivity index (χ0n) is 15.9. The van der Waals surface area contributed by atoms with E-state index < -0.39 is 11.0 Å². The largest absolute Gasteiger partial charge is 0.314 e. The number of aromatic nitrogens is 2. The van der Waals surface area contributed by atoms with E-state index >= 15 is 0 Å². The Labute approximate surface area is 180 Å². The Hall–Kier alpha value is -2.97. The summed E-state index contributed by atoms with van der Waals surface area (Å²) in [6.45, 7) is 3.06. The molecule has 152 valence electrons. The van der Waals surface area contributed by atoms with Gasteiger partial charge in [-0.15, -0.1) is 0 Å². The van der Waals surface area contributed by atoms with Gasteiger partial charge in [0.05, 0.1) is 10.6 Å². The Balaban J connectivity index is 1.47. The van der Waals surface area contributed by atoms with Crippen LogP contribution < -0.4 is 10.6 Å². The number of nitriles is 1. The summed E-state index contributed by atoms with van der Waals surface area (Å²) in [4.78, 5) is 22.2. The number of pyridine rings is 1. The van der Waals surface area contributed by atoms with Gasteiger partial charge in [-0.1, -0.05) is 17.4 Å². The van der Waals surface area contributed by atoms with Crippen molar-refractivity contribution in [3.63, 3.8) is 0 Å². The molecule has 0 spiro atoms. The first-order chi connectivity index (χ1) is 14.7. The van der Waals surface area contributed by atoms with Crippen LogP contribution >= 0.6 is 11.3 Å². The normalized spacial score (nSPS) is 15.3. The van der Waals surface area contributed by atoms with Gasteiger partial charge < -0.3 is 5.32 Å². The van der Waals surface area contributed by atoms with Gasteiger partial charge in [0.2, 0.25) is 0 Å². The maximum atomic E-state index is 12.6. The highest BCUT2D eigenvalue weighted by Gasteiger charge is 2.19. The third-order valence-corrected chi connectivity index (χ3v) is 6.87. The summed E-state index contributed by atoms with van der Waals surface area (Å²) < 4.78 is 14.6. The van der Waals surface area contributed by atoms with Gasteiger partial charge in [0.1, 0.15) is 27.6 Å². The number of carbonyl (C=O) groups is 1. The Bertz CT molecular complexity index is 1100. The molecule has 30 heavy (non-hydrogen) atoms. The molecule has 1 aliphatic rings. The van der Waals surface area contributed by atoms with Crippen molar-refractivity contribution in [1.29, 1.82) is 5.26 Å². The Morgan fingerprint density at radius 3 is 2.63 bits per heavy atom. The summed E-state index contributed by atoms with van der Waals surface area (Å²) in [5.74, 6) is -0.347. The lowest BCUT2D eigenvalue weighted by molar-refractivity contribution is 0.102. The summed E-state index contributed by atoms with van der Waals surface area (Å²) in [5, 5.41) is 15.7. The number of hydrogen-bond donors (Lipinski definition) is 2. The van der Waals surface area contributed by atoms with Gasteiger partial charge >= 0.3 is 0 Å². The molecule has 3 heterocycles. The van der Waals surface area contributed by atoms with E-state index in [2.05, 4.69) is 26.7 Å². The minimum Gasteiger partial charge on any atom is -0.314 e. The number of hydrogen-bond acceptors (Lipinski definition) is 7. The van der Waals surface area contributed by atoms with Gasteiger partial charge in [0.15, 0.2) is 5.13 Å². The molecule has 8 nitrogen and oxygen atoms in total. The summed E-state index contributed by atoms with van der Waals surface area (Å²) in [6, 6.07) is 14.1. The summed E-state index contributed by atoms with van der Waals surface area (Å²) in [6.07, 6.45) is 1.62. The monoisotopic (exact) mass is 438 g/mol. The number of nitrogens with zero attached hydrogens (tertiary/aromatic N) is 4. The van der Waals surface area contributed by atoms with Crippen molar-refractivity contribution < 1.29 is 9.00 Å². The van der Waals surface area contributed by atoms with Gasteiger partial charge in [-0.2, -0.15) is 5.26 Å². The van der Waals surface area contributed by atoms with Crippen LogP contribution in [0.5, 0.6) is 0 Å². The minimum absolute atomic E-state index is 0.325. The first-order valence-corrected chi connectivity index (χ1v) is 11.2. The van der Waals surface area contributed by atoms with Gasteiger partial charge in [0, 0.05) is 37.9 Å².